The van der Waals surface area contributed by atoms with E-state index in [1.54, 1.807) is 43.5 Å². The molecule has 2 aromatic carbocycles. The predicted molar refractivity (Wildman–Crippen MR) is 110 cm³/mol. The van der Waals surface area contributed by atoms with Gasteiger partial charge in [-0.2, -0.15) is 0 Å². The second kappa shape index (κ2) is 8.79. The van der Waals surface area contributed by atoms with Gasteiger partial charge in [-0.1, -0.05) is 30.8 Å². The molecule has 1 unspecified atom stereocenters. The van der Waals surface area contributed by atoms with E-state index >= 15 is 0 Å². The lowest BCUT2D eigenvalue weighted by atomic mass is 10.2. The van der Waals surface area contributed by atoms with Crippen LogP contribution in [0.25, 0.3) is 10.9 Å². The Bertz CT molecular complexity index is 1050. The van der Waals surface area contributed by atoms with Crippen molar-refractivity contribution in [2.45, 2.75) is 23.8 Å². The number of H-pyrrole nitrogens is 1. The summed E-state index contributed by atoms with van der Waals surface area (Å²) in [5, 5.41) is 3.36. The number of carbonyl (C=O) groups is 1. The first-order valence-electron chi connectivity index (χ1n) is 8.74. The summed E-state index contributed by atoms with van der Waals surface area (Å²) in [4.78, 5) is 32.3. The SMILES string of the molecule is CCC(Sc1nc2ccccc2c(=O)[nH]1)C(=O)Nc1cc(OC)ccc1OC. The number of anilines is 1. The lowest BCUT2D eigenvalue weighted by molar-refractivity contribution is -0.115. The minimum absolute atomic E-state index is 0.213. The normalized spacial score (nSPS) is 11.8. The molecule has 0 bridgehead atoms. The van der Waals surface area contributed by atoms with Gasteiger partial charge in [0, 0.05) is 6.07 Å². The number of aromatic amines is 1. The molecule has 1 amide bonds. The van der Waals surface area contributed by atoms with Crippen LogP contribution >= 0.6 is 11.8 Å². The molecule has 1 aromatic heterocycles. The van der Waals surface area contributed by atoms with Crippen LogP contribution in [0.2, 0.25) is 0 Å². The maximum Gasteiger partial charge on any atom is 0.259 e. The van der Waals surface area contributed by atoms with E-state index in [9.17, 15) is 9.59 Å². The molecule has 0 spiro atoms. The van der Waals surface area contributed by atoms with Crippen LogP contribution in [-0.4, -0.2) is 35.3 Å². The quantitative estimate of drug-likeness (QED) is 0.467. The van der Waals surface area contributed by atoms with Gasteiger partial charge in [0.05, 0.1) is 36.1 Å². The molecular formula is C20H21N3O4S. The fourth-order valence-electron chi connectivity index (χ4n) is 2.70. The number of thioether (sulfide) groups is 1. The Morgan fingerprint density at radius 3 is 2.71 bits per heavy atom. The Labute approximate surface area is 166 Å². The maximum absolute atomic E-state index is 12.8. The Kier molecular flexibility index (Phi) is 6.20. The third-order valence-electron chi connectivity index (χ3n) is 4.17. The van der Waals surface area contributed by atoms with E-state index in [1.165, 1.54) is 18.9 Å². The second-order valence-electron chi connectivity index (χ2n) is 5.96. The lowest BCUT2D eigenvalue weighted by Crippen LogP contribution is -2.25. The molecule has 2 N–H and O–H groups in total. The Balaban J connectivity index is 1.82. The highest BCUT2D eigenvalue weighted by Gasteiger charge is 2.21. The Morgan fingerprint density at radius 2 is 2.00 bits per heavy atom. The minimum Gasteiger partial charge on any atom is -0.497 e. The van der Waals surface area contributed by atoms with E-state index in [-0.39, 0.29) is 11.5 Å². The molecule has 0 aliphatic carbocycles. The number of hydrogen-bond acceptors (Lipinski definition) is 6. The Morgan fingerprint density at radius 1 is 1.21 bits per heavy atom. The minimum atomic E-state index is -0.444. The van der Waals surface area contributed by atoms with Crippen LogP contribution in [-0.2, 0) is 4.79 Å². The van der Waals surface area contributed by atoms with Gasteiger partial charge in [-0.3, -0.25) is 9.59 Å². The number of amides is 1. The third kappa shape index (κ3) is 4.28. The number of aromatic nitrogens is 2. The molecule has 0 aliphatic rings. The van der Waals surface area contributed by atoms with Gasteiger partial charge >= 0.3 is 0 Å². The van der Waals surface area contributed by atoms with Crippen LogP contribution in [0.15, 0.2) is 52.4 Å². The topological polar surface area (TPSA) is 93.3 Å². The summed E-state index contributed by atoms with van der Waals surface area (Å²) in [7, 11) is 3.09. The number of fused-ring (bicyclic) bond motifs is 1. The molecule has 7 nitrogen and oxygen atoms in total. The molecule has 0 radical (unpaired) electrons. The standard InChI is InChI=1S/C20H21N3O4S/c1-4-17(19(25)21-15-11-12(26-2)9-10-16(15)27-3)28-20-22-14-8-6-5-7-13(14)18(24)23-20/h5-11,17H,4H2,1-3H3,(H,21,25)(H,22,23,24). The first-order chi connectivity index (χ1) is 13.5. The van der Waals surface area contributed by atoms with Crippen molar-refractivity contribution in [3.05, 3.63) is 52.8 Å². The molecule has 1 heterocycles. The summed E-state index contributed by atoms with van der Waals surface area (Å²) in [6, 6.07) is 12.3. The number of benzene rings is 2. The van der Waals surface area contributed by atoms with Crippen molar-refractivity contribution in [1.29, 1.82) is 0 Å². The number of ether oxygens (including phenoxy) is 2. The van der Waals surface area contributed by atoms with E-state index in [4.69, 9.17) is 9.47 Å². The first-order valence-corrected chi connectivity index (χ1v) is 9.62. The summed E-state index contributed by atoms with van der Waals surface area (Å²) in [5.41, 5.74) is 0.891. The molecule has 3 rings (SSSR count). The van der Waals surface area contributed by atoms with E-state index in [1.807, 2.05) is 13.0 Å². The fourth-order valence-corrected chi connectivity index (χ4v) is 3.61. The summed E-state index contributed by atoms with van der Waals surface area (Å²) < 4.78 is 10.5. The monoisotopic (exact) mass is 399 g/mol. The zero-order chi connectivity index (χ0) is 20.1. The zero-order valence-electron chi connectivity index (χ0n) is 15.8. The molecular weight excluding hydrogens is 378 g/mol. The van der Waals surface area contributed by atoms with Gasteiger partial charge in [0.1, 0.15) is 11.5 Å². The van der Waals surface area contributed by atoms with Crippen LogP contribution in [0.5, 0.6) is 11.5 Å². The highest BCUT2D eigenvalue weighted by Crippen LogP contribution is 2.30. The van der Waals surface area contributed by atoms with Crippen LogP contribution in [0.1, 0.15) is 13.3 Å². The highest BCUT2D eigenvalue weighted by molar-refractivity contribution is 8.00. The predicted octanol–water partition coefficient (Wildman–Crippen LogP) is 3.45. The van der Waals surface area contributed by atoms with Crippen LogP contribution in [0, 0.1) is 0 Å². The number of nitrogens with one attached hydrogen (secondary N) is 2. The van der Waals surface area contributed by atoms with E-state index < -0.39 is 5.25 Å². The third-order valence-corrected chi connectivity index (χ3v) is 5.42. The molecule has 0 fully saturated rings. The summed E-state index contributed by atoms with van der Waals surface area (Å²) in [5.74, 6) is 0.929. The number of para-hydroxylation sites is 1. The van der Waals surface area contributed by atoms with Crippen molar-refractivity contribution < 1.29 is 14.3 Å². The van der Waals surface area contributed by atoms with Gasteiger partial charge in [0.25, 0.3) is 5.56 Å². The van der Waals surface area contributed by atoms with Crippen molar-refractivity contribution in [3.8, 4) is 11.5 Å². The molecule has 0 saturated heterocycles. The molecule has 28 heavy (non-hydrogen) atoms. The van der Waals surface area contributed by atoms with Crippen LogP contribution in [0.3, 0.4) is 0 Å². The summed E-state index contributed by atoms with van der Waals surface area (Å²) in [6.45, 7) is 1.90. The lowest BCUT2D eigenvalue weighted by Gasteiger charge is -2.16. The number of hydrogen-bond donors (Lipinski definition) is 2. The molecule has 1 atom stereocenters. The van der Waals surface area contributed by atoms with Crippen LogP contribution in [0.4, 0.5) is 5.69 Å². The smallest absolute Gasteiger partial charge is 0.259 e. The van der Waals surface area contributed by atoms with Gasteiger partial charge in [-0.05, 0) is 30.7 Å². The van der Waals surface area contributed by atoms with Crippen molar-refractivity contribution in [2.24, 2.45) is 0 Å². The highest BCUT2D eigenvalue weighted by atomic mass is 32.2. The van der Waals surface area contributed by atoms with E-state index in [0.717, 1.165) is 0 Å². The zero-order valence-corrected chi connectivity index (χ0v) is 16.6. The summed E-state index contributed by atoms with van der Waals surface area (Å²) >= 11 is 1.22. The largest absolute Gasteiger partial charge is 0.497 e. The fraction of sp³-hybridized carbons (Fsp3) is 0.250. The second-order valence-corrected chi connectivity index (χ2v) is 7.15. The molecule has 146 valence electrons. The Hall–Kier alpha value is -3.00. The van der Waals surface area contributed by atoms with E-state index in [0.29, 0.717) is 39.7 Å². The van der Waals surface area contributed by atoms with Crippen molar-refractivity contribution in [1.82, 2.24) is 9.97 Å². The maximum atomic E-state index is 12.8. The van der Waals surface area contributed by atoms with Gasteiger partial charge in [-0.15, -0.1) is 0 Å². The number of methoxy groups -OCH3 is 2. The van der Waals surface area contributed by atoms with Crippen molar-refractivity contribution >= 4 is 34.3 Å². The first kappa shape index (κ1) is 19.8. The number of carbonyl (C=O) groups excluding carboxylic acids is 1. The van der Waals surface area contributed by atoms with E-state index in [2.05, 4.69) is 15.3 Å². The van der Waals surface area contributed by atoms with Crippen molar-refractivity contribution in [3.63, 3.8) is 0 Å². The van der Waals surface area contributed by atoms with Crippen molar-refractivity contribution in [2.75, 3.05) is 19.5 Å². The molecule has 3 aromatic rings. The van der Waals surface area contributed by atoms with Crippen LogP contribution < -0.4 is 20.3 Å². The van der Waals surface area contributed by atoms with Gasteiger partial charge in [0.15, 0.2) is 5.16 Å². The average molecular weight is 399 g/mol. The molecule has 0 aliphatic heterocycles. The average Bonchev–Trinajstić information content (AvgIpc) is 2.71. The number of rotatable bonds is 7. The summed E-state index contributed by atoms with van der Waals surface area (Å²) in [6.07, 6.45) is 0.555. The van der Waals surface area contributed by atoms with Gasteiger partial charge in [0.2, 0.25) is 5.91 Å². The molecule has 8 heteroatoms. The van der Waals surface area contributed by atoms with Gasteiger partial charge < -0.3 is 19.8 Å². The molecule has 0 saturated carbocycles. The van der Waals surface area contributed by atoms with Gasteiger partial charge in [-0.25, -0.2) is 4.98 Å². The number of nitrogens with zero attached hydrogens (tertiary/aromatic N) is 1.